The molecular weight excluding hydrogens is 332 g/mol. The fraction of sp³-hybridized carbons (Fsp3) is 0.667. The van der Waals surface area contributed by atoms with Crippen molar-refractivity contribution in [1.29, 1.82) is 0 Å². The molecule has 21 heavy (non-hydrogen) atoms. The molecule has 0 radical (unpaired) electrons. The first-order chi connectivity index (χ1) is 10.3. The number of nitrogens with zero attached hydrogens (tertiary/aromatic N) is 3. The zero-order chi connectivity index (χ0) is 14.7. The van der Waals surface area contributed by atoms with Crippen molar-refractivity contribution in [3.8, 4) is 0 Å². The average molecular weight is 355 g/mol. The normalized spacial score (nSPS) is 23.7. The molecule has 1 atom stereocenters. The van der Waals surface area contributed by atoms with Gasteiger partial charge in [-0.2, -0.15) is 0 Å². The topological polar surface area (TPSA) is 40.6 Å². The van der Waals surface area contributed by atoms with Gasteiger partial charge in [-0.3, -0.25) is 4.90 Å². The number of pyridine rings is 1. The quantitative estimate of drug-likeness (QED) is 0.886. The molecule has 1 aromatic rings. The van der Waals surface area contributed by atoms with Crippen LogP contribution >= 0.6 is 15.9 Å². The lowest BCUT2D eigenvalue weighted by Gasteiger charge is -2.32. The molecule has 2 aliphatic rings. The van der Waals surface area contributed by atoms with E-state index in [9.17, 15) is 0 Å². The summed E-state index contributed by atoms with van der Waals surface area (Å²) in [6.07, 6.45) is 3.12. The summed E-state index contributed by atoms with van der Waals surface area (Å²) >= 11 is 3.52. The molecule has 1 N–H and O–H groups in total. The average Bonchev–Trinajstić information content (AvgIpc) is 2.98. The van der Waals surface area contributed by atoms with E-state index in [2.05, 4.69) is 42.1 Å². The number of morpholine rings is 1. The molecule has 3 heterocycles. The highest BCUT2D eigenvalue weighted by Crippen LogP contribution is 2.27. The molecule has 2 saturated heterocycles. The van der Waals surface area contributed by atoms with Crippen LogP contribution in [0.4, 0.5) is 5.82 Å². The minimum absolute atomic E-state index is 0.641. The van der Waals surface area contributed by atoms with Gasteiger partial charge >= 0.3 is 0 Å². The second-order valence-corrected chi connectivity index (χ2v) is 6.62. The Bertz CT molecular complexity index is 479. The van der Waals surface area contributed by atoms with Crippen molar-refractivity contribution in [1.82, 2.24) is 15.2 Å². The minimum atomic E-state index is 0.641. The van der Waals surface area contributed by atoms with Gasteiger partial charge in [-0.25, -0.2) is 4.98 Å². The molecule has 0 saturated carbocycles. The largest absolute Gasteiger partial charge is 0.379 e. The van der Waals surface area contributed by atoms with Crippen LogP contribution in [0.15, 0.2) is 16.7 Å². The van der Waals surface area contributed by atoms with Crippen molar-refractivity contribution in [3.63, 3.8) is 0 Å². The molecule has 5 nitrogen and oxygen atoms in total. The lowest BCUT2D eigenvalue weighted by Crippen LogP contribution is -2.44. The Kier molecular flexibility index (Phi) is 5.11. The van der Waals surface area contributed by atoms with Crippen LogP contribution < -0.4 is 10.2 Å². The summed E-state index contributed by atoms with van der Waals surface area (Å²) < 4.78 is 6.50. The number of hydrogen-bond acceptors (Lipinski definition) is 5. The number of aromatic nitrogens is 1. The third-order valence-corrected chi connectivity index (χ3v) is 4.74. The van der Waals surface area contributed by atoms with Crippen LogP contribution in [0, 0.1) is 0 Å². The van der Waals surface area contributed by atoms with Gasteiger partial charge < -0.3 is 15.0 Å². The highest BCUT2D eigenvalue weighted by molar-refractivity contribution is 9.10. The van der Waals surface area contributed by atoms with Gasteiger partial charge in [0, 0.05) is 55.0 Å². The number of nitrogens with one attached hydrogen (secondary N) is 1. The molecular formula is C15H23BrN4O. The van der Waals surface area contributed by atoms with E-state index in [-0.39, 0.29) is 0 Å². The summed E-state index contributed by atoms with van der Waals surface area (Å²) in [4.78, 5) is 9.65. The van der Waals surface area contributed by atoms with Gasteiger partial charge in [0.25, 0.3) is 0 Å². The SMILES string of the molecule is CNCc1cc(Br)cnc1N1CCC(N2CCOCC2)C1. The lowest BCUT2D eigenvalue weighted by atomic mass is 10.2. The Morgan fingerprint density at radius 1 is 1.38 bits per heavy atom. The van der Waals surface area contributed by atoms with E-state index in [0.717, 1.165) is 56.2 Å². The second-order valence-electron chi connectivity index (χ2n) is 5.70. The first-order valence-electron chi connectivity index (χ1n) is 7.63. The van der Waals surface area contributed by atoms with Crippen molar-refractivity contribution < 1.29 is 4.74 Å². The molecule has 0 amide bonds. The molecule has 1 unspecified atom stereocenters. The Balaban J connectivity index is 1.70. The van der Waals surface area contributed by atoms with Gasteiger partial charge in [0.05, 0.1) is 13.2 Å². The van der Waals surface area contributed by atoms with Crippen molar-refractivity contribution in [2.24, 2.45) is 0 Å². The molecule has 0 bridgehead atoms. The molecule has 2 fully saturated rings. The first kappa shape index (κ1) is 15.2. The maximum absolute atomic E-state index is 5.45. The van der Waals surface area contributed by atoms with E-state index >= 15 is 0 Å². The van der Waals surface area contributed by atoms with Crippen molar-refractivity contribution in [2.45, 2.75) is 19.0 Å². The Hall–Kier alpha value is -0.690. The number of anilines is 1. The van der Waals surface area contributed by atoms with Crippen LogP contribution in [0.5, 0.6) is 0 Å². The smallest absolute Gasteiger partial charge is 0.133 e. The second kappa shape index (κ2) is 7.05. The predicted octanol–water partition coefficient (Wildman–Crippen LogP) is 1.47. The molecule has 6 heteroatoms. The predicted molar refractivity (Wildman–Crippen MR) is 87.7 cm³/mol. The monoisotopic (exact) mass is 354 g/mol. The standard InChI is InChI=1S/C15H23BrN4O/c1-17-9-12-8-13(16)10-18-15(12)20-3-2-14(11-20)19-4-6-21-7-5-19/h8,10,14,17H,2-7,9,11H2,1H3. The van der Waals surface area contributed by atoms with Crippen LogP contribution in [0.3, 0.4) is 0 Å². The van der Waals surface area contributed by atoms with Gasteiger partial charge in [-0.1, -0.05) is 0 Å². The fourth-order valence-electron chi connectivity index (χ4n) is 3.25. The number of ether oxygens (including phenoxy) is 1. The lowest BCUT2D eigenvalue weighted by molar-refractivity contribution is 0.0209. The molecule has 2 aliphatic heterocycles. The van der Waals surface area contributed by atoms with Crippen molar-refractivity contribution in [2.75, 3.05) is 51.3 Å². The first-order valence-corrected chi connectivity index (χ1v) is 8.43. The Morgan fingerprint density at radius 3 is 2.95 bits per heavy atom. The molecule has 0 aliphatic carbocycles. The van der Waals surface area contributed by atoms with Gasteiger partial charge in [-0.05, 0) is 35.5 Å². The molecule has 116 valence electrons. The Morgan fingerprint density at radius 2 is 2.19 bits per heavy atom. The van der Waals surface area contributed by atoms with Gasteiger partial charge in [0.2, 0.25) is 0 Å². The molecule has 0 aromatic carbocycles. The van der Waals surface area contributed by atoms with E-state index in [1.54, 1.807) is 0 Å². The summed E-state index contributed by atoms with van der Waals surface area (Å²) in [6.45, 7) is 6.89. The molecule has 0 spiro atoms. The van der Waals surface area contributed by atoms with Crippen molar-refractivity contribution >= 4 is 21.7 Å². The van der Waals surface area contributed by atoms with Gasteiger partial charge in [0.15, 0.2) is 0 Å². The van der Waals surface area contributed by atoms with Crippen LogP contribution in [-0.4, -0.2) is 62.4 Å². The summed E-state index contributed by atoms with van der Waals surface area (Å²) in [7, 11) is 1.98. The van der Waals surface area contributed by atoms with E-state index in [4.69, 9.17) is 4.74 Å². The molecule has 1 aromatic heterocycles. The van der Waals surface area contributed by atoms with Crippen LogP contribution in [0.25, 0.3) is 0 Å². The summed E-state index contributed by atoms with van der Waals surface area (Å²) in [5.41, 5.74) is 1.26. The minimum Gasteiger partial charge on any atom is -0.379 e. The van der Waals surface area contributed by atoms with Crippen molar-refractivity contribution in [3.05, 3.63) is 22.3 Å². The zero-order valence-electron chi connectivity index (χ0n) is 12.5. The number of hydrogen-bond donors (Lipinski definition) is 1. The highest BCUT2D eigenvalue weighted by Gasteiger charge is 2.30. The summed E-state index contributed by atoms with van der Waals surface area (Å²) in [5.74, 6) is 1.13. The summed E-state index contributed by atoms with van der Waals surface area (Å²) in [5, 5.41) is 3.24. The Labute approximate surface area is 134 Å². The van der Waals surface area contributed by atoms with E-state index in [1.165, 1.54) is 12.0 Å². The maximum atomic E-state index is 5.45. The van der Waals surface area contributed by atoms with E-state index in [1.807, 2.05) is 13.2 Å². The third kappa shape index (κ3) is 3.56. The number of halogens is 1. The van der Waals surface area contributed by atoms with Gasteiger partial charge in [-0.15, -0.1) is 0 Å². The summed E-state index contributed by atoms with van der Waals surface area (Å²) in [6, 6.07) is 2.81. The third-order valence-electron chi connectivity index (χ3n) is 4.30. The van der Waals surface area contributed by atoms with Crippen LogP contribution in [-0.2, 0) is 11.3 Å². The van der Waals surface area contributed by atoms with E-state index in [0.29, 0.717) is 6.04 Å². The van der Waals surface area contributed by atoms with Crippen LogP contribution in [0.1, 0.15) is 12.0 Å². The maximum Gasteiger partial charge on any atom is 0.133 e. The number of rotatable bonds is 4. The highest BCUT2D eigenvalue weighted by atomic mass is 79.9. The van der Waals surface area contributed by atoms with Gasteiger partial charge in [0.1, 0.15) is 5.82 Å². The zero-order valence-corrected chi connectivity index (χ0v) is 14.1. The molecule has 3 rings (SSSR count). The van der Waals surface area contributed by atoms with E-state index < -0.39 is 0 Å². The van der Waals surface area contributed by atoms with Crippen LogP contribution in [0.2, 0.25) is 0 Å². The fourth-order valence-corrected chi connectivity index (χ4v) is 3.63.